The summed E-state index contributed by atoms with van der Waals surface area (Å²) in [4.78, 5) is 0. The second-order valence-corrected chi connectivity index (χ2v) is 5.38. The number of hydroxylamine groups is 1. The summed E-state index contributed by atoms with van der Waals surface area (Å²) in [7, 11) is 0. The van der Waals surface area contributed by atoms with Gasteiger partial charge in [0.25, 0.3) is 0 Å². The van der Waals surface area contributed by atoms with Crippen molar-refractivity contribution in [2.24, 2.45) is 0 Å². The molecule has 0 amide bonds. The molecule has 0 saturated heterocycles. The quantitative estimate of drug-likeness (QED) is 0.768. The Kier molecular flexibility index (Phi) is 2.88. The summed E-state index contributed by atoms with van der Waals surface area (Å²) in [5, 5.41) is 17.7. The molecule has 3 nitrogen and oxygen atoms in total. The number of fused-ring (bicyclic) bond motifs is 1. The molecule has 3 heteroatoms. The molecule has 0 atom stereocenters. The molecule has 1 heterocycles. The first-order chi connectivity index (χ1) is 10.8. The molecular formula is C19H15N2O. The minimum absolute atomic E-state index is 0.662. The number of hydrogen-bond donors (Lipinski definition) is 1. The van der Waals surface area contributed by atoms with Crippen LogP contribution in [0.25, 0.3) is 0 Å². The van der Waals surface area contributed by atoms with Gasteiger partial charge in [-0.3, -0.25) is 0 Å². The summed E-state index contributed by atoms with van der Waals surface area (Å²) in [5.74, 6) is 0. The maximum Gasteiger partial charge on any atom is 0.191 e. The number of nitrogens with one attached hydrogen (secondary N) is 1. The molecule has 0 fully saturated rings. The van der Waals surface area contributed by atoms with Gasteiger partial charge in [-0.1, -0.05) is 78.0 Å². The zero-order valence-corrected chi connectivity index (χ0v) is 11.9. The third kappa shape index (κ3) is 1.73. The minimum atomic E-state index is -0.924. The van der Waals surface area contributed by atoms with E-state index in [9.17, 15) is 5.21 Å². The molecule has 1 aliphatic rings. The smallest absolute Gasteiger partial charge is 0.191 e. The summed E-state index contributed by atoms with van der Waals surface area (Å²) in [5.41, 5.74) is 2.44. The van der Waals surface area contributed by atoms with Crippen LogP contribution in [0.3, 0.4) is 0 Å². The SMILES string of the molecule is [O]N1c2ccccc2NC1(c1ccccc1)c1ccccc1. The normalized spacial score (nSPS) is 15.2. The summed E-state index contributed by atoms with van der Waals surface area (Å²) in [6.07, 6.45) is 0. The molecule has 0 saturated carbocycles. The highest BCUT2D eigenvalue weighted by Gasteiger charge is 2.47. The number of para-hydroxylation sites is 2. The van der Waals surface area contributed by atoms with Crippen molar-refractivity contribution in [1.29, 1.82) is 0 Å². The Balaban J connectivity index is 1.97. The van der Waals surface area contributed by atoms with Crippen LogP contribution in [0.1, 0.15) is 11.1 Å². The van der Waals surface area contributed by atoms with Gasteiger partial charge in [0.1, 0.15) is 0 Å². The molecule has 0 bridgehead atoms. The van der Waals surface area contributed by atoms with Crippen molar-refractivity contribution in [3.8, 4) is 0 Å². The molecule has 0 aromatic heterocycles. The minimum Gasteiger partial charge on any atom is -0.352 e. The van der Waals surface area contributed by atoms with Crippen molar-refractivity contribution < 1.29 is 5.21 Å². The van der Waals surface area contributed by atoms with E-state index in [-0.39, 0.29) is 0 Å². The number of benzene rings is 3. The topological polar surface area (TPSA) is 35.2 Å². The van der Waals surface area contributed by atoms with Crippen LogP contribution in [0.5, 0.6) is 0 Å². The second-order valence-electron chi connectivity index (χ2n) is 5.38. The fourth-order valence-electron chi connectivity index (χ4n) is 3.09. The molecule has 1 aliphatic heterocycles. The van der Waals surface area contributed by atoms with Crippen molar-refractivity contribution in [3.63, 3.8) is 0 Å². The molecule has 4 rings (SSSR count). The standard InChI is InChI=1S/C19H15N2O/c22-21-18-14-8-7-13-17(18)20-19(21,15-9-3-1-4-10-15)16-11-5-2-6-12-16/h1-14,20H. The average molecular weight is 287 g/mol. The average Bonchev–Trinajstić information content (AvgIpc) is 2.91. The number of hydrogen-bond acceptors (Lipinski definition) is 2. The van der Waals surface area contributed by atoms with Gasteiger partial charge < -0.3 is 5.32 Å². The van der Waals surface area contributed by atoms with Crippen molar-refractivity contribution in [1.82, 2.24) is 0 Å². The molecule has 0 aliphatic carbocycles. The highest BCUT2D eigenvalue weighted by atomic mass is 16.5. The second kappa shape index (κ2) is 4.90. The lowest BCUT2D eigenvalue weighted by Gasteiger charge is -2.35. The Morgan fingerprint density at radius 1 is 0.682 bits per heavy atom. The summed E-state index contributed by atoms with van der Waals surface area (Å²) in [6.45, 7) is 0. The van der Waals surface area contributed by atoms with Crippen molar-refractivity contribution in [2.45, 2.75) is 5.66 Å². The van der Waals surface area contributed by atoms with Gasteiger partial charge in [0.2, 0.25) is 0 Å². The van der Waals surface area contributed by atoms with Crippen molar-refractivity contribution >= 4 is 11.4 Å². The van der Waals surface area contributed by atoms with Crippen LogP contribution in [0.4, 0.5) is 11.4 Å². The monoisotopic (exact) mass is 287 g/mol. The molecule has 22 heavy (non-hydrogen) atoms. The molecule has 0 spiro atoms. The number of anilines is 2. The third-order valence-corrected chi connectivity index (χ3v) is 4.13. The molecular weight excluding hydrogens is 272 g/mol. The summed E-state index contributed by atoms with van der Waals surface area (Å²) < 4.78 is 0. The summed E-state index contributed by atoms with van der Waals surface area (Å²) >= 11 is 0. The number of nitrogens with zero attached hydrogens (tertiary/aromatic N) is 1. The first-order valence-electron chi connectivity index (χ1n) is 7.28. The van der Waals surface area contributed by atoms with Crippen LogP contribution < -0.4 is 10.4 Å². The number of rotatable bonds is 2. The molecule has 3 aromatic rings. The van der Waals surface area contributed by atoms with Gasteiger partial charge in [0, 0.05) is 11.1 Å². The maximum atomic E-state index is 13.2. The van der Waals surface area contributed by atoms with Gasteiger partial charge >= 0.3 is 0 Å². The molecule has 3 aromatic carbocycles. The molecule has 107 valence electrons. The largest absolute Gasteiger partial charge is 0.352 e. The van der Waals surface area contributed by atoms with E-state index in [0.717, 1.165) is 21.9 Å². The van der Waals surface area contributed by atoms with Gasteiger partial charge in [0.05, 0.1) is 11.4 Å². The Labute approximate surface area is 129 Å². The van der Waals surface area contributed by atoms with Gasteiger partial charge in [-0.2, -0.15) is 5.06 Å². The van der Waals surface area contributed by atoms with E-state index in [0.29, 0.717) is 5.69 Å². The first kappa shape index (κ1) is 12.9. The van der Waals surface area contributed by atoms with Crippen molar-refractivity contribution in [2.75, 3.05) is 10.4 Å². The third-order valence-electron chi connectivity index (χ3n) is 4.13. The van der Waals surface area contributed by atoms with Gasteiger partial charge in [-0.05, 0) is 12.1 Å². The Morgan fingerprint density at radius 2 is 1.18 bits per heavy atom. The molecule has 1 radical (unpaired) electrons. The zero-order chi connectivity index (χ0) is 15.0. The zero-order valence-electron chi connectivity index (χ0n) is 11.9. The van der Waals surface area contributed by atoms with E-state index in [1.54, 1.807) is 0 Å². The lowest BCUT2D eigenvalue weighted by molar-refractivity contribution is 0.114. The van der Waals surface area contributed by atoms with E-state index in [1.165, 1.54) is 0 Å². The van der Waals surface area contributed by atoms with E-state index in [2.05, 4.69) is 5.32 Å². The van der Waals surface area contributed by atoms with E-state index < -0.39 is 5.66 Å². The highest BCUT2D eigenvalue weighted by Crippen LogP contribution is 2.47. The fraction of sp³-hybridized carbons (Fsp3) is 0.0526. The van der Waals surface area contributed by atoms with Gasteiger partial charge in [-0.15, -0.1) is 0 Å². The van der Waals surface area contributed by atoms with Crippen molar-refractivity contribution in [3.05, 3.63) is 96.1 Å². The Bertz CT molecular complexity index is 747. The lowest BCUT2D eigenvalue weighted by Crippen LogP contribution is -2.46. The van der Waals surface area contributed by atoms with E-state index in [1.807, 2.05) is 84.9 Å². The van der Waals surface area contributed by atoms with Gasteiger partial charge in [0.15, 0.2) is 5.66 Å². The van der Waals surface area contributed by atoms with Crippen LogP contribution in [0.15, 0.2) is 84.9 Å². The van der Waals surface area contributed by atoms with E-state index in [4.69, 9.17) is 0 Å². The maximum absolute atomic E-state index is 13.2. The fourth-order valence-corrected chi connectivity index (χ4v) is 3.09. The predicted octanol–water partition coefficient (Wildman–Crippen LogP) is 4.17. The van der Waals surface area contributed by atoms with E-state index >= 15 is 0 Å². The molecule has 1 N–H and O–H groups in total. The summed E-state index contributed by atoms with van der Waals surface area (Å²) in [6, 6.07) is 27.3. The van der Waals surface area contributed by atoms with Gasteiger partial charge in [-0.25, -0.2) is 0 Å². The van der Waals surface area contributed by atoms with Crippen LogP contribution in [-0.2, 0) is 10.9 Å². The van der Waals surface area contributed by atoms with Crippen LogP contribution in [-0.4, -0.2) is 0 Å². The molecule has 0 unspecified atom stereocenters. The van der Waals surface area contributed by atoms with Crippen LogP contribution >= 0.6 is 0 Å². The van der Waals surface area contributed by atoms with Crippen LogP contribution in [0.2, 0.25) is 0 Å². The predicted molar refractivity (Wildman–Crippen MR) is 86.9 cm³/mol. The first-order valence-corrected chi connectivity index (χ1v) is 7.28. The van der Waals surface area contributed by atoms with Crippen LogP contribution in [0, 0.1) is 0 Å². The Hall–Kier alpha value is -2.78. The Morgan fingerprint density at radius 3 is 1.73 bits per heavy atom. The lowest BCUT2D eigenvalue weighted by atomic mass is 9.91. The highest BCUT2D eigenvalue weighted by molar-refractivity contribution is 5.79.